The van der Waals surface area contributed by atoms with Crippen molar-refractivity contribution in [1.29, 1.82) is 0 Å². The minimum Gasteiger partial charge on any atom is -0.199 e. The zero-order valence-corrected chi connectivity index (χ0v) is 14.2. The van der Waals surface area contributed by atoms with Gasteiger partial charge in [-0.15, -0.1) is 0 Å². The van der Waals surface area contributed by atoms with Crippen LogP contribution in [-0.4, -0.2) is 17.6 Å². The van der Waals surface area contributed by atoms with Gasteiger partial charge >= 0.3 is 0 Å². The van der Waals surface area contributed by atoms with Gasteiger partial charge in [-0.25, -0.2) is 0 Å². The van der Waals surface area contributed by atoms with Gasteiger partial charge in [0.15, 0.2) is 0 Å². The Balaban J connectivity index is 2.42. The third kappa shape index (κ3) is 3.14. The predicted octanol–water partition coefficient (Wildman–Crippen LogP) is 3.59. The van der Waals surface area contributed by atoms with Gasteiger partial charge in [-0.3, -0.25) is 0 Å². The molecule has 114 valence electrons. The molecule has 0 fully saturated rings. The SMILES string of the molecule is Cc1nn(S(=O)(=O)c2ccc(CC(C)C)cc2)c(C)c1Cl. The number of benzene rings is 1. The van der Waals surface area contributed by atoms with Gasteiger partial charge in [0.05, 0.1) is 21.3 Å². The summed E-state index contributed by atoms with van der Waals surface area (Å²) in [6, 6.07) is 6.94. The van der Waals surface area contributed by atoms with Crippen LogP contribution in [0.4, 0.5) is 0 Å². The highest BCUT2D eigenvalue weighted by Crippen LogP contribution is 2.24. The maximum Gasteiger partial charge on any atom is 0.283 e. The lowest BCUT2D eigenvalue weighted by Crippen LogP contribution is -2.16. The fraction of sp³-hybridized carbons (Fsp3) is 0.400. The fourth-order valence-corrected chi connectivity index (χ4v) is 3.73. The van der Waals surface area contributed by atoms with Crippen LogP contribution in [0.5, 0.6) is 0 Å². The molecule has 0 amide bonds. The highest BCUT2D eigenvalue weighted by molar-refractivity contribution is 7.89. The van der Waals surface area contributed by atoms with Gasteiger partial charge in [-0.05, 0) is 43.9 Å². The monoisotopic (exact) mass is 326 g/mol. The van der Waals surface area contributed by atoms with E-state index in [0.29, 0.717) is 22.3 Å². The molecule has 2 rings (SSSR count). The first-order chi connectivity index (χ1) is 9.73. The average Bonchev–Trinajstić information content (AvgIpc) is 2.67. The minimum atomic E-state index is -3.70. The van der Waals surface area contributed by atoms with E-state index in [9.17, 15) is 8.42 Å². The Hall–Kier alpha value is -1.33. The molecule has 4 nitrogen and oxygen atoms in total. The van der Waals surface area contributed by atoms with Crippen LogP contribution >= 0.6 is 11.6 Å². The molecule has 0 N–H and O–H groups in total. The van der Waals surface area contributed by atoms with Gasteiger partial charge in [0.1, 0.15) is 0 Å². The van der Waals surface area contributed by atoms with Crippen LogP contribution in [0.1, 0.15) is 30.8 Å². The second-order valence-corrected chi connectivity index (χ2v) is 7.72. The van der Waals surface area contributed by atoms with Crippen molar-refractivity contribution in [1.82, 2.24) is 9.19 Å². The first kappa shape index (κ1) is 16.0. The summed E-state index contributed by atoms with van der Waals surface area (Å²) in [7, 11) is -3.70. The number of hydrogen-bond acceptors (Lipinski definition) is 3. The summed E-state index contributed by atoms with van der Waals surface area (Å²) in [5, 5.41) is 4.41. The van der Waals surface area contributed by atoms with Crippen molar-refractivity contribution in [2.75, 3.05) is 0 Å². The first-order valence-electron chi connectivity index (χ1n) is 6.79. The Morgan fingerprint density at radius 3 is 2.19 bits per heavy atom. The molecule has 6 heteroatoms. The fourth-order valence-electron chi connectivity index (χ4n) is 2.20. The normalized spacial score (nSPS) is 12.1. The van der Waals surface area contributed by atoms with E-state index in [2.05, 4.69) is 18.9 Å². The smallest absolute Gasteiger partial charge is 0.199 e. The van der Waals surface area contributed by atoms with Crippen LogP contribution in [0.25, 0.3) is 0 Å². The molecule has 0 bridgehead atoms. The van der Waals surface area contributed by atoms with Crippen molar-refractivity contribution < 1.29 is 8.42 Å². The van der Waals surface area contributed by atoms with Gasteiger partial charge < -0.3 is 0 Å². The minimum absolute atomic E-state index is 0.220. The average molecular weight is 327 g/mol. The van der Waals surface area contributed by atoms with Crippen LogP contribution < -0.4 is 0 Å². The number of rotatable bonds is 4. The zero-order chi connectivity index (χ0) is 15.8. The summed E-state index contributed by atoms with van der Waals surface area (Å²) in [4.78, 5) is 0.220. The molecular weight excluding hydrogens is 308 g/mol. The van der Waals surface area contributed by atoms with Crippen molar-refractivity contribution in [3.05, 3.63) is 46.2 Å². The number of aromatic nitrogens is 2. The second-order valence-electron chi connectivity index (χ2n) is 5.57. The van der Waals surface area contributed by atoms with Crippen molar-refractivity contribution >= 4 is 21.6 Å². The molecule has 0 aliphatic rings. The Morgan fingerprint density at radius 1 is 1.19 bits per heavy atom. The molecule has 0 aliphatic heterocycles. The molecule has 0 radical (unpaired) electrons. The first-order valence-corrected chi connectivity index (χ1v) is 8.61. The lowest BCUT2D eigenvalue weighted by Gasteiger charge is -2.09. The van der Waals surface area contributed by atoms with Crippen LogP contribution in [0, 0.1) is 19.8 Å². The zero-order valence-electron chi connectivity index (χ0n) is 12.6. The van der Waals surface area contributed by atoms with Crippen LogP contribution in [0.15, 0.2) is 29.2 Å². The standard InChI is InChI=1S/C15H19ClN2O2S/c1-10(2)9-13-5-7-14(8-6-13)21(19,20)18-12(4)15(16)11(3)17-18/h5-8,10H,9H2,1-4H3. The molecule has 2 aromatic rings. The van der Waals surface area contributed by atoms with Gasteiger partial charge in [-0.2, -0.15) is 17.6 Å². The molecule has 0 saturated heterocycles. The molecule has 0 spiro atoms. The lowest BCUT2D eigenvalue weighted by molar-refractivity contribution is 0.577. The summed E-state index contributed by atoms with van der Waals surface area (Å²) in [5.74, 6) is 0.530. The van der Waals surface area contributed by atoms with Crippen LogP contribution in [0.3, 0.4) is 0 Å². The van der Waals surface area contributed by atoms with Gasteiger partial charge in [0.2, 0.25) is 0 Å². The molecule has 0 aliphatic carbocycles. The summed E-state index contributed by atoms with van der Waals surface area (Å²) >= 11 is 6.03. The van der Waals surface area contributed by atoms with Crippen molar-refractivity contribution in [3.8, 4) is 0 Å². The number of aryl methyl sites for hydroxylation is 1. The molecule has 1 aromatic carbocycles. The summed E-state index contributed by atoms with van der Waals surface area (Å²) < 4.78 is 26.2. The van der Waals surface area contributed by atoms with E-state index < -0.39 is 10.0 Å². The third-order valence-corrected chi connectivity index (χ3v) is 5.48. The van der Waals surface area contributed by atoms with E-state index in [1.54, 1.807) is 26.0 Å². The largest absolute Gasteiger partial charge is 0.283 e. The molecule has 0 atom stereocenters. The van der Waals surface area contributed by atoms with E-state index in [1.165, 1.54) is 0 Å². The summed E-state index contributed by atoms with van der Waals surface area (Å²) in [6.45, 7) is 7.59. The lowest BCUT2D eigenvalue weighted by atomic mass is 10.0. The quantitative estimate of drug-likeness (QED) is 0.862. The topological polar surface area (TPSA) is 52.0 Å². The highest BCUT2D eigenvalue weighted by Gasteiger charge is 2.22. The maximum atomic E-state index is 12.6. The van der Waals surface area contributed by atoms with E-state index in [4.69, 9.17) is 11.6 Å². The Bertz CT molecular complexity index is 747. The number of halogens is 1. The van der Waals surface area contributed by atoms with E-state index in [-0.39, 0.29) is 4.90 Å². The van der Waals surface area contributed by atoms with Gasteiger partial charge in [0, 0.05) is 0 Å². The highest BCUT2D eigenvalue weighted by atomic mass is 35.5. The van der Waals surface area contributed by atoms with Crippen molar-refractivity contribution in [3.63, 3.8) is 0 Å². The molecule has 0 unspecified atom stereocenters. The molecular formula is C15H19ClN2O2S. The Kier molecular flexibility index (Phi) is 4.44. The molecule has 1 aromatic heterocycles. The number of nitrogens with zero attached hydrogens (tertiary/aromatic N) is 2. The van der Waals surface area contributed by atoms with Gasteiger partial charge in [0.25, 0.3) is 10.0 Å². The number of hydrogen-bond donors (Lipinski definition) is 0. The van der Waals surface area contributed by atoms with Crippen LogP contribution in [0.2, 0.25) is 5.02 Å². The Morgan fingerprint density at radius 2 is 1.76 bits per heavy atom. The van der Waals surface area contributed by atoms with E-state index >= 15 is 0 Å². The summed E-state index contributed by atoms with van der Waals surface area (Å²) in [6.07, 6.45) is 0.923. The van der Waals surface area contributed by atoms with Crippen molar-refractivity contribution in [2.24, 2.45) is 5.92 Å². The molecule has 21 heavy (non-hydrogen) atoms. The molecule has 1 heterocycles. The molecule has 0 saturated carbocycles. The Labute approximate surface area is 130 Å². The van der Waals surface area contributed by atoms with E-state index in [1.807, 2.05) is 12.1 Å². The van der Waals surface area contributed by atoms with E-state index in [0.717, 1.165) is 16.1 Å². The predicted molar refractivity (Wildman–Crippen MR) is 84.3 cm³/mol. The second kappa shape index (κ2) is 5.81. The maximum absolute atomic E-state index is 12.6. The van der Waals surface area contributed by atoms with Gasteiger partial charge in [-0.1, -0.05) is 37.6 Å². The van der Waals surface area contributed by atoms with Crippen molar-refractivity contribution in [2.45, 2.75) is 39.0 Å². The third-order valence-electron chi connectivity index (χ3n) is 3.26. The van der Waals surface area contributed by atoms with Crippen LogP contribution in [-0.2, 0) is 16.4 Å². The summed E-state index contributed by atoms with van der Waals surface area (Å²) in [5.41, 5.74) is 2.06.